The highest BCUT2D eigenvalue weighted by molar-refractivity contribution is 7.89. The predicted octanol–water partition coefficient (Wildman–Crippen LogP) is 0.671. The summed E-state index contributed by atoms with van der Waals surface area (Å²) in [6.07, 6.45) is 5.82. The van der Waals surface area contributed by atoms with Crippen molar-refractivity contribution in [3.05, 3.63) is 12.4 Å². The van der Waals surface area contributed by atoms with Gasteiger partial charge in [0.15, 0.2) is 0 Å². The molecule has 1 aliphatic carbocycles. The van der Waals surface area contributed by atoms with Crippen molar-refractivity contribution < 1.29 is 8.42 Å². The zero-order valence-corrected chi connectivity index (χ0v) is 13.6. The molecule has 1 aromatic rings. The third kappa shape index (κ3) is 3.50. The Hall–Kier alpha value is -1.25. The Bertz CT molecular complexity index is 567. The van der Waals surface area contributed by atoms with Gasteiger partial charge in [-0.25, -0.2) is 23.1 Å². The van der Waals surface area contributed by atoms with Gasteiger partial charge in [-0.1, -0.05) is 0 Å². The number of sulfonamides is 1. The number of aromatic nitrogens is 2. The number of likely N-dealkylation sites (N-methyl/N-ethyl adjacent to an activating group) is 1. The number of nitrogens with zero attached hydrogens (tertiary/aromatic N) is 3. The molecule has 1 saturated carbocycles. The first-order valence-corrected chi connectivity index (χ1v) is 8.61. The molecule has 0 aromatic carbocycles. The van der Waals surface area contributed by atoms with Crippen LogP contribution >= 0.6 is 0 Å². The Kier molecular flexibility index (Phi) is 4.80. The van der Waals surface area contributed by atoms with Crippen LogP contribution in [0.4, 0.5) is 5.95 Å². The topological polar surface area (TPSA) is 87.2 Å². The monoisotopic (exact) mass is 313 g/mol. The molecule has 118 valence electrons. The highest BCUT2D eigenvalue weighted by atomic mass is 32.2. The number of hydrogen-bond acceptors (Lipinski definition) is 6. The second-order valence-electron chi connectivity index (χ2n) is 5.57. The molecule has 0 spiro atoms. The van der Waals surface area contributed by atoms with Gasteiger partial charge in [0.05, 0.1) is 12.4 Å². The van der Waals surface area contributed by atoms with Crippen LogP contribution in [0.2, 0.25) is 0 Å². The largest absolute Gasteiger partial charge is 0.355 e. The number of anilines is 1. The minimum Gasteiger partial charge on any atom is -0.355 e. The van der Waals surface area contributed by atoms with Crippen LogP contribution in [-0.2, 0) is 10.0 Å². The van der Waals surface area contributed by atoms with Gasteiger partial charge in [0.2, 0.25) is 16.0 Å². The van der Waals surface area contributed by atoms with Gasteiger partial charge in [-0.2, -0.15) is 0 Å². The zero-order valence-electron chi connectivity index (χ0n) is 12.8. The van der Waals surface area contributed by atoms with E-state index in [0.29, 0.717) is 19.0 Å². The highest BCUT2D eigenvalue weighted by Gasteiger charge is 2.39. The lowest BCUT2D eigenvalue weighted by molar-refractivity contribution is 0.0657. The van der Waals surface area contributed by atoms with Gasteiger partial charge in [-0.3, -0.25) is 0 Å². The molecule has 21 heavy (non-hydrogen) atoms. The highest BCUT2D eigenvalue weighted by Crippen LogP contribution is 2.35. The minimum absolute atomic E-state index is 0.0579. The first-order valence-electron chi connectivity index (χ1n) is 7.13. The fourth-order valence-electron chi connectivity index (χ4n) is 2.38. The molecule has 0 aliphatic heterocycles. The van der Waals surface area contributed by atoms with Crippen LogP contribution in [0.3, 0.4) is 0 Å². The summed E-state index contributed by atoms with van der Waals surface area (Å²) in [5.41, 5.74) is -0.0579. The summed E-state index contributed by atoms with van der Waals surface area (Å²) < 4.78 is 27.2. The number of hydrogen-bond donors (Lipinski definition) is 2. The zero-order chi connectivity index (χ0) is 15.5. The average molecular weight is 313 g/mol. The maximum absolute atomic E-state index is 12.3. The Labute approximate surface area is 126 Å². The molecular formula is C13H23N5O2S. The second-order valence-corrected chi connectivity index (χ2v) is 7.34. The molecule has 0 radical (unpaired) electrons. The maximum atomic E-state index is 12.3. The second kappa shape index (κ2) is 6.25. The minimum atomic E-state index is -3.56. The Morgan fingerprint density at radius 1 is 1.29 bits per heavy atom. The van der Waals surface area contributed by atoms with Gasteiger partial charge in [0.1, 0.15) is 4.90 Å². The molecule has 1 fully saturated rings. The van der Waals surface area contributed by atoms with E-state index in [1.807, 2.05) is 21.0 Å². The van der Waals surface area contributed by atoms with E-state index in [9.17, 15) is 8.42 Å². The van der Waals surface area contributed by atoms with E-state index in [1.54, 1.807) is 0 Å². The molecule has 0 atom stereocenters. The summed E-state index contributed by atoms with van der Waals surface area (Å²) in [4.78, 5) is 10.2. The SMILES string of the molecule is CCNc1ncc(S(=O)(=O)NCC2(N(C)C)CCC2)cn1. The summed E-state index contributed by atoms with van der Waals surface area (Å²) in [6, 6.07) is 0. The standard InChI is InChI=1S/C13H23N5O2S/c1-4-14-12-15-8-11(9-16-12)21(19,20)17-10-13(18(2)3)6-5-7-13/h8-9,17H,4-7,10H2,1-3H3,(H,14,15,16). The normalized spacial score (nSPS) is 17.5. The molecule has 0 amide bonds. The molecular weight excluding hydrogens is 290 g/mol. The third-order valence-electron chi connectivity index (χ3n) is 4.10. The molecule has 1 aromatic heterocycles. The molecule has 7 nitrogen and oxygen atoms in total. The lowest BCUT2D eigenvalue weighted by atomic mass is 9.76. The lowest BCUT2D eigenvalue weighted by Gasteiger charge is -2.47. The molecule has 0 saturated heterocycles. The molecule has 1 heterocycles. The van der Waals surface area contributed by atoms with Crippen molar-refractivity contribution in [1.82, 2.24) is 19.6 Å². The number of nitrogens with one attached hydrogen (secondary N) is 2. The summed E-state index contributed by atoms with van der Waals surface area (Å²) >= 11 is 0. The maximum Gasteiger partial charge on any atom is 0.243 e. The van der Waals surface area contributed by atoms with E-state index < -0.39 is 10.0 Å². The summed E-state index contributed by atoms with van der Waals surface area (Å²) in [5.74, 6) is 0.431. The van der Waals surface area contributed by atoms with E-state index in [2.05, 4.69) is 24.9 Å². The average Bonchev–Trinajstić information content (AvgIpc) is 2.38. The third-order valence-corrected chi connectivity index (χ3v) is 5.45. The molecule has 0 bridgehead atoms. The van der Waals surface area contributed by atoms with E-state index in [4.69, 9.17) is 0 Å². The van der Waals surface area contributed by atoms with Gasteiger partial charge in [-0.05, 0) is 40.3 Å². The Balaban J connectivity index is 2.04. The van der Waals surface area contributed by atoms with Gasteiger partial charge in [0.25, 0.3) is 0 Å². The van der Waals surface area contributed by atoms with E-state index in [0.717, 1.165) is 19.3 Å². The van der Waals surface area contributed by atoms with E-state index >= 15 is 0 Å². The van der Waals surface area contributed by atoms with Gasteiger partial charge >= 0.3 is 0 Å². The van der Waals surface area contributed by atoms with Crippen LogP contribution in [-0.4, -0.2) is 56.0 Å². The van der Waals surface area contributed by atoms with Crippen molar-refractivity contribution in [3.63, 3.8) is 0 Å². The molecule has 8 heteroatoms. The summed E-state index contributed by atoms with van der Waals surface area (Å²) in [5, 5.41) is 2.93. The Morgan fingerprint density at radius 2 is 1.90 bits per heavy atom. The van der Waals surface area contributed by atoms with Crippen LogP contribution < -0.4 is 10.0 Å². The molecule has 2 N–H and O–H groups in total. The van der Waals surface area contributed by atoms with Crippen LogP contribution in [0.5, 0.6) is 0 Å². The summed E-state index contributed by atoms with van der Waals surface area (Å²) in [6.45, 7) is 3.03. The van der Waals surface area contributed by atoms with Crippen molar-refractivity contribution in [2.24, 2.45) is 0 Å². The quantitative estimate of drug-likeness (QED) is 0.769. The lowest BCUT2D eigenvalue weighted by Crippen LogP contribution is -2.57. The van der Waals surface area contributed by atoms with Crippen molar-refractivity contribution >= 4 is 16.0 Å². The first kappa shape index (κ1) is 16.1. The van der Waals surface area contributed by atoms with Crippen LogP contribution in [0, 0.1) is 0 Å². The smallest absolute Gasteiger partial charge is 0.243 e. The van der Waals surface area contributed by atoms with Gasteiger partial charge in [-0.15, -0.1) is 0 Å². The van der Waals surface area contributed by atoms with E-state index in [1.165, 1.54) is 12.4 Å². The van der Waals surface area contributed by atoms with Gasteiger partial charge < -0.3 is 10.2 Å². The Morgan fingerprint density at radius 3 is 2.33 bits per heavy atom. The van der Waals surface area contributed by atoms with E-state index in [-0.39, 0.29) is 10.4 Å². The first-order chi connectivity index (χ1) is 9.89. The summed E-state index contributed by atoms with van der Waals surface area (Å²) in [7, 11) is 0.411. The fraction of sp³-hybridized carbons (Fsp3) is 0.692. The van der Waals surface area contributed by atoms with Crippen molar-refractivity contribution in [3.8, 4) is 0 Å². The van der Waals surface area contributed by atoms with Crippen LogP contribution in [0.1, 0.15) is 26.2 Å². The van der Waals surface area contributed by atoms with Crippen molar-refractivity contribution in [2.75, 3.05) is 32.5 Å². The van der Waals surface area contributed by atoms with Crippen LogP contribution in [0.25, 0.3) is 0 Å². The predicted molar refractivity (Wildman–Crippen MR) is 81.7 cm³/mol. The molecule has 1 aliphatic rings. The van der Waals surface area contributed by atoms with Crippen molar-refractivity contribution in [1.29, 1.82) is 0 Å². The van der Waals surface area contributed by atoms with Gasteiger partial charge in [0, 0.05) is 18.6 Å². The fourth-order valence-corrected chi connectivity index (χ4v) is 3.39. The molecule has 2 rings (SSSR count). The van der Waals surface area contributed by atoms with Crippen molar-refractivity contribution in [2.45, 2.75) is 36.6 Å². The number of rotatable bonds is 7. The van der Waals surface area contributed by atoms with Crippen LogP contribution in [0.15, 0.2) is 17.3 Å². The molecule has 0 unspecified atom stereocenters.